The highest BCUT2D eigenvalue weighted by Gasteiger charge is 2.40. The molecule has 0 aliphatic rings. The van der Waals surface area contributed by atoms with Gasteiger partial charge in [-0.25, -0.2) is 0 Å². The molecule has 0 aliphatic heterocycles. The van der Waals surface area contributed by atoms with E-state index in [1.807, 2.05) is 6.92 Å². The molecule has 1 unspecified atom stereocenters. The Morgan fingerprint density at radius 2 is 1.94 bits per heavy atom. The van der Waals surface area contributed by atoms with E-state index in [9.17, 15) is 18.0 Å². The molecule has 108 valence electrons. The van der Waals surface area contributed by atoms with E-state index < -0.39 is 24.5 Å². The number of rotatable bonds is 9. The molecule has 2 N–H and O–H groups in total. The molecule has 0 saturated carbocycles. The third kappa shape index (κ3) is 8.33. The van der Waals surface area contributed by atoms with Crippen LogP contribution in [0.15, 0.2) is 0 Å². The number of unbranched alkanes of at least 4 members (excludes halogenated alkanes) is 3. The van der Waals surface area contributed by atoms with Gasteiger partial charge in [0.15, 0.2) is 0 Å². The van der Waals surface area contributed by atoms with Gasteiger partial charge in [0.2, 0.25) is 0 Å². The third-order valence-electron chi connectivity index (χ3n) is 2.65. The van der Waals surface area contributed by atoms with Gasteiger partial charge in [-0.3, -0.25) is 4.79 Å². The smallest absolute Gasteiger partial charge is 0.392 e. The van der Waals surface area contributed by atoms with Crippen LogP contribution in [0.3, 0.4) is 0 Å². The Morgan fingerprint density at radius 1 is 1.28 bits per heavy atom. The third-order valence-corrected chi connectivity index (χ3v) is 2.65. The van der Waals surface area contributed by atoms with Crippen molar-refractivity contribution in [3.8, 4) is 0 Å². The number of hydrogen-bond acceptors (Lipinski definition) is 3. The Morgan fingerprint density at radius 3 is 2.44 bits per heavy atom. The number of carbonyl (C=O) groups is 1. The quantitative estimate of drug-likeness (QED) is 0.517. The van der Waals surface area contributed by atoms with Crippen LogP contribution in [0, 0.1) is 5.92 Å². The van der Waals surface area contributed by atoms with Crippen LogP contribution in [0.4, 0.5) is 13.2 Å². The lowest BCUT2D eigenvalue weighted by atomic mass is 10.0. The summed E-state index contributed by atoms with van der Waals surface area (Å²) in [6.45, 7) is 2.16. The zero-order chi connectivity index (χ0) is 14.0. The maximum Gasteiger partial charge on any atom is 0.392 e. The molecule has 3 nitrogen and oxygen atoms in total. The predicted octanol–water partition coefficient (Wildman–Crippen LogP) is 3.03. The predicted molar refractivity (Wildman–Crippen MR) is 62.9 cm³/mol. The van der Waals surface area contributed by atoms with Crippen LogP contribution in [0.1, 0.15) is 45.4 Å². The van der Waals surface area contributed by atoms with Crippen LogP contribution in [-0.4, -0.2) is 25.3 Å². The lowest BCUT2D eigenvalue weighted by Crippen LogP contribution is -2.28. The largest absolute Gasteiger partial charge is 0.466 e. The fraction of sp³-hybridized carbons (Fsp3) is 0.917. The van der Waals surface area contributed by atoms with Gasteiger partial charge in [0, 0.05) is 0 Å². The summed E-state index contributed by atoms with van der Waals surface area (Å²) in [5.41, 5.74) is 5.10. The Labute approximate surface area is 106 Å². The first kappa shape index (κ1) is 17.2. The molecule has 0 aromatic rings. The highest BCUT2D eigenvalue weighted by atomic mass is 19.4. The molecular weight excluding hydrogens is 247 g/mol. The molecule has 0 spiro atoms. The summed E-state index contributed by atoms with van der Waals surface area (Å²) in [5, 5.41) is 0. The second kappa shape index (κ2) is 9.19. The lowest BCUT2D eigenvalue weighted by molar-refractivity contribution is -0.185. The first-order valence-corrected chi connectivity index (χ1v) is 6.34. The molecule has 1 atom stereocenters. The van der Waals surface area contributed by atoms with E-state index in [2.05, 4.69) is 0 Å². The zero-order valence-corrected chi connectivity index (χ0v) is 10.8. The second-order valence-corrected chi connectivity index (χ2v) is 4.30. The van der Waals surface area contributed by atoms with Crippen molar-refractivity contribution < 1.29 is 22.7 Å². The van der Waals surface area contributed by atoms with Crippen molar-refractivity contribution in [2.45, 2.75) is 51.6 Å². The van der Waals surface area contributed by atoms with E-state index >= 15 is 0 Å². The van der Waals surface area contributed by atoms with Crippen LogP contribution in [0.2, 0.25) is 0 Å². The molecule has 0 aliphatic carbocycles. The highest BCUT2D eigenvalue weighted by Crippen LogP contribution is 2.31. The molecule has 0 radical (unpaired) electrons. The molecule has 0 fully saturated rings. The summed E-state index contributed by atoms with van der Waals surface area (Å²) in [5.74, 6) is -2.48. The monoisotopic (exact) mass is 269 g/mol. The summed E-state index contributed by atoms with van der Waals surface area (Å²) in [7, 11) is 0. The maximum atomic E-state index is 12.5. The number of alkyl halides is 3. The number of nitrogens with two attached hydrogens (primary N) is 1. The van der Waals surface area contributed by atoms with Gasteiger partial charge in [0.1, 0.15) is 0 Å². The number of carbonyl (C=O) groups excluding carboxylic acids is 1. The minimum atomic E-state index is -4.39. The first-order chi connectivity index (χ1) is 8.41. The minimum Gasteiger partial charge on any atom is -0.466 e. The lowest BCUT2D eigenvalue weighted by Gasteiger charge is -2.18. The van der Waals surface area contributed by atoms with Gasteiger partial charge in [-0.15, -0.1) is 0 Å². The van der Waals surface area contributed by atoms with Crippen molar-refractivity contribution in [3.63, 3.8) is 0 Å². The van der Waals surface area contributed by atoms with Crippen LogP contribution >= 0.6 is 0 Å². The molecule has 0 amide bonds. The first-order valence-electron chi connectivity index (χ1n) is 6.34. The van der Waals surface area contributed by atoms with Crippen molar-refractivity contribution in [1.82, 2.24) is 0 Å². The highest BCUT2D eigenvalue weighted by molar-refractivity contribution is 5.69. The molecule has 0 rings (SSSR count). The molecule has 6 heteroatoms. The summed E-state index contributed by atoms with van der Waals surface area (Å²) >= 11 is 0. The summed E-state index contributed by atoms with van der Waals surface area (Å²) in [6, 6.07) is 0. The number of esters is 1. The maximum absolute atomic E-state index is 12.5. The molecule has 0 heterocycles. The molecule has 0 aromatic carbocycles. The van der Waals surface area contributed by atoms with E-state index in [0.29, 0.717) is 6.42 Å². The van der Waals surface area contributed by atoms with E-state index in [4.69, 9.17) is 10.5 Å². The average Bonchev–Trinajstić information content (AvgIpc) is 2.27. The molecule has 18 heavy (non-hydrogen) atoms. The van der Waals surface area contributed by atoms with Gasteiger partial charge in [0.25, 0.3) is 0 Å². The Bertz CT molecular complexity index is 232. The van der Waals surface area contributed by atoms with Crippen molar-refractivity contribution in [2.75, 3.05) is 13.2 Å². The van der Waals surface area contributed by atoms with Gasteiger partial charge >= 0.3 is 12.1 Å². The van der Waals surface area contributed by atoms with Crippen molar-refractivity contribution in [2.24, 2.45) is 11.7 Å². The fourth-order valence-electron chi connectivity index (χ4n) is 1.56. The van der Waals surface area contributed by atoms with Crippen molar-refractivity contribution in [1.29, 1.82) is 0 Å². The normalized spacial score (nSPS) is 13.4. The van der Waals surface area contributed by atoms with E-state index in [1.165, 1.54) is 0 Å². The minimum absolute atomic E-state index is 0.0893. The molecule has 0 saturated heterocycles. The van der Waals surface area contributed by atoms with Gasteiger partial charge in [-0.05, 0) is 19.4 Å². The van der Waals surface area contributed by atoms with Gasteiger partial charge in [0.05, 0.1) is 18.9 Å². The fourth-order valence-corrected chi connectivity index (χ4v) is 1.56. The van der Waals surface area contributed by atoms with E-state index in [1.54, 1.807) is 0 Å². The SMILES string of the molecule is CCCCCCOC(=O)CC(CCN)C(F)(F)F. The number of halogens is 3. The van der Waals surface area contributed by atoms with Crippen molar-refractivity contribution in [3.05, 3.63) is 0 Å². The van der Waals surface area contributed by atoms with Gasteiger partial charge < -0.3 is 10.5 Å². The molecular formula is C12H22F3NO2. The Balaban J connectivity index is 3.89. The zero-order valence-electron chi connectivity index (χ0n) is 10.8. The van der Waals surface area contributed by atoms with Crippen LogP contribution < -0.4 is 5.73 Å². The Kier molecular flexibility index (Phi) is 8.79. The topological polar surface area (TPSA) is 52.3 Å². The van der Waals surface area contributed by atoms with Crippen LogP contribution in [-0.2, 0) is 9.53 Å². The number of ether oxygens (including phenoxy) is 1. The Hall–Kier alpha value is -0.780. The summed E-state index contributed by atoms with van der Waals surface area (Å²) in [6.07, 6.45) is -1.54. The van der Waals surface area contributed by atoms with E-state index in [-0.39, 0.29) is 19.6 Å². The van der Waals surface area contributed by atoms with Crippen LogP contribution in [0.5, 0.6) is 0 Å². The van der Waals surface area contributed by atoms with Gasteiger partial charge in [-0.1, -0.05) is 26.2 Å². The average molecular weight is 269 g/mol. The van der Waals surface area contributed by atoms with E-state index in [0.717, 1.165) is 19.3 Å². The molecule has 0 bridgehead atoms. The second-order valence-electron chi connectivity index (χ2n) is 4.30. The van der Waals surface area contributed by atoms with Crippen molar-refractivity contribution >= 4 is 5.97 Å². The standard InChI is InChI=1S/C12H22F3NO2/c1-2-3-4-5-8-18-11(17)9-10(6-7-16)12(13,14)15/h10H,2-9,16H2,1H3. The molecule has 0 aromatic heterocycles. The summed E-state index contributed by atoms with van der Waals surface area (Å²) < 4.78 is 42.3. The van der Waals surface area contributed by atoms with Gasteiger partial charge in [-0.2, -0.15) is 13.2 Å². The number of hydrogen-bond donors (Lipinski definition) is 1. The van der Waals surface area contributed by atoms with Crippen LogP contribution in [0.25, 0.3) is 0 Å². The summed E-state index contributed by atoms with van der Waals surface area (Å²) in [4.78, 5) is 11.2.